The molecule has 0 radical (unpaired) electrons. The van der Waals surface area contributed by atoms with Gasteiger partial charge in [-0.25, -0.2) is 9.97 Å². The summed E-state index contributed by atoms with van der Waals surface area (Å²) in [4.78, 5) is 21.1. The molecule has 1 N–H and O–H groups in total. The zero-order valence-corrected chi connectivity index (χ0v) is 16.1. The van der Waals surface area contributed by atoms with E-state index in [1.54, 1.807) is 13.3 Å². The maximum atomic E-state index is 12.3. The highest BCUT2D eigenvalue weighted by Gasteiger charge is 2.13. The van der Waals surface area contributed by atoms with Crippen LogP contribution in [-0.4, -0.2) is 33.3 Å². The number of hydrogen-bond donors (Lipinski definition) is 1. The van der Waals surface area contributed by atoms with Gasteiger partial charge in [0.05, 0.1) is 28.8 Å². The number of carbonyl (C=O) groups excluding carboxylic acids is 1. The fraction of sp³-hybridized carbons (Fsp3) is 0.105. The van der Waals surface area contributed by atoms with Gasteiger partial charge < -0.3 is 10.1 Å². The van der Waals surface area contributed by atoms with Crippen LogP contribution in [-0.2, 0) is 4.79 Å². The highest BCUT2D eigenvalue weighted by molar-refractivity contribution is 7.99. The standard InChI is InChI=1S/C19H16N4O2S2/c1-25-15-8-4-3-7-14(15)23-11-10-20-19(23)26-12-17(24)22-18-21-13-6-2-5-9-16(13)27-18/h2-11H,12H2,1H3,(H,21,22,24). The van der Waals surface area contributed by atoms with Gasteiger partial charge in [0, 0.05) is 12.4 Å². The number of aromatic nitrogens is 3. The van der Waals surface area contributed by atoms with Crippen molar-refractivity contribution in [2.45, 2.75) is 5.16 Å². The van der Waals surface area contributed by atoms with E-state index in [4.69, 9.17) is 4.74 Å². The molecule has 0 aliphatic rings. The molecule has 136 valence electrons. The minimum atomic E-state index is -0.117. The predicted molar refractivity (Wildman–Crippen MR) is 109 cm³/mol. The van der Waals surface area contributed by atoms with Gasteiger partial charge in [-0.3, -0.25) is 9.36 Å². The number of nitrogens with zero attached hydrogens (tertiary/aromatic N) is 3. The van der Waals surface area contributed by atoms with Crippen LogP contribution in [0.25, 0.3) is 15.9 Å². The smallest absolute Gasteiger partial charge is 0.236 e. The van der Waals surface area contributed by atoms with Crippen molar-refractivity contribution < 1.29 is 9.53 Å². The third-order valence-corrected chi connectivity index (χ3v) is 5.74. The molecule has 2 aromatic carbocycles. The van der Waals surface area contributed by atoms with Gasteiger partial charge in [0.15, 0.2) is 10.3 Å². The first-order valence-corrected chi connectivity index (χ1v) is 10.00. The first-order chi connectivity index (χ1) is 13.2. The van der Waals surface area contributed by atoms with Crippen LogP contribution in [0, 0.1) is 0 Å². The molecular weight excluding hydrogens is 380 g/mol. The molecule has 4 rings (SSSR count). The largest absolute Gasteiger partial charge is 0.495 e. The quantitative estimate of drug-likeness (QED) is 0.494. The molecule has 6 nitrogen and oxygen atoms in total. The van der Waals surface area contributed by atoms with Crippen LogP contribution in [0.15, 0.2) is 66.1 Å². The molecule has 0 bridgehead atoms. The summed E-state index contributed by atoms with van der Waals surface area (Å²) in [5, 5.41) is 4.19. The Labute approximate surface area is 164 Å². The van der Waals surface area contributed by atoms with Gasteiger partial charge in [-0.05, 0) is 24.3 Å². The second-order valence-electron chi connectivity index (χ2n) is 5.58. The lowest BCUT2D eigenvalue weighted by Crippen LogP contribution is -2.14. The van der Waals surface area contributed by atoms with Crippen molar-refractivity contribution in [1.82, 2.24) is 14.5 Å². The van der Waals surface area contributed by atoms with E-state index in [1.807, 2.05) is 59.3 Å². The van der Waals surface area contributed by atoms with Crippen molar-refractivity contribution in [1.29, 1.82) is 0 Å². The first-order valence-electron chi connectivity index (χ1n) is 8.19. The number of methoxy groups -OCH3 is 1. The van der Waals surface area contributed by atoms with Gasteiger partial charge in [-0.2, -0.15) is 0 Å². The molecule has 4 aromatic rings. The maximum Gasteiger partial charge on any atom is 0.236 e. The summed E-state index contributed by atoms with van der Waals surface area (Å²) in [5.74, 6) is 0.868. The zero-order valence-electron chi connectivity index (χ0n) is 14.5. The number of imidazole rings is 1. The molecule has 1 amide bonds. The van der Waals surface area contributed by atoms with Crippen LogP contribution < -0.4 is 10.1 Å². The van der Waals surface area contributed by atoms with Gasteiger partial charge in [0.25, 0.3) is 0 Å². The third-order valence-electron chi connectivity index (χ3n) is 3.82. The average molecular weight is 396 g/mol. The summed E-state index contributed by atoms with van der Waals surface area (Å²) >= 11 is 2.83. The van der Waals surface area contributed by atoms with E-state index in [0.29, 0.717) is 5.13 Å². The van der Waals surface area contributed by atoms with Crippen molar-refractivity contribution in [3.63, 3.8) is 0 Å². The van der Waals surface area contributed by atoms with Gasteiger partial charge in [-0.15, -0.1) is 0 Å². The molecule has 2 heterocycles. The third kappa shape index (κ3) is 3.81. The average Bonchev–Trinajstić information content (AvgIpc) is 3.32. The fourth-order valence-electron chi connectivity index (χ4n) is 2.62. The molecule has 0 spiro atoms. The number of hydrogen-bond acceptors (Lipinski definition) is 6. The van der Waals surface area contributed by atoms with Crippen molar-refractivity contribution >= 4 is 44.4 Å². The molecule has 8 heteroatoms. The van der Waals surface area contributed by atoms with Crippen LogP contribution in [0.5, 0.6) is 5.75 Å². The van der Waals surface area contributed by atoms with E-state index in [2.05, 4.69) is 15.3 Å². The van der Waals surface area contributed by atoms with Crippen molar-refractivity contribution in [3.05, 3.63) is 60.9 Å². The summed E-state index contributed by atoms with van der Waals surface area (Å²) in [6, 6.07) is 15.5. The van der Waals surface area contributed by atoms with Crippen molar-refractivity contribution in [3.8, 4) is 11.4 Å². The van der Waals surface area contributed by atoms with Crippen LogP contribution in [0.3, 0.4) is 0 Å². The maximum absolute atomic E-state index is 12.3. The molecule has 0 atom stereocenters. The number of amides is 1. The Balaban J connectivity index is 1.45. The molecule has 2 aromatic heterocycles. The minimum Gasteiger partial charge on any atom is -0.495 e. The highest BCUT2D eigenvalue weighted by Crippen LogP contribution is 2.28. The van der Waals surface area contributed by atoms with E-state index in [-0.39, 0.29) is 11.7 Å². The fourth-order valence-corrected chi connectivity index (χ4v) is 4.27. The Morgan fingerprint density at radius 2 is 2.04 bits per heavy atom. The number of carbonyl (C=O) groups is 1. The van der Waals surface area contributed by atoms with E-state index < -0.39 is 0 Å². The second kappa shape index (κ2) is 7.81. The summed E-state index contributed by atoms with van der Waals surface area (Å²) in [5.41, 5.74) is 1.77. The molecule has 27 heavy (non-hydrogen) atoms. The van der Waals surface area contributed by atoms with Crippen LogP contribution in [0.4, 0.5) is 5.13 Å². The van der Waals surface area contributed by atoms with E-state index in [0.717, 1.165) is 26.8 Å². The van der Waals surface area contributed by atoms with Crippen molar-refractivity contribution in [2.75, 3.05) is 18.2 Å². The van der Waals surface area contributed by atoms with Crippen LogP contribution >= 0.6 is 23.1 Å². The lowest BCUT2D eigenvalue weighted by molar-refractivity contribution is -0.113. The van der Waals surface area contributed by atoms with Gasteiger partial charge >= 0.3 is 0 Å². The number of thiazole rings is 1. The molecule has 0 fully saturated rings. The number of fused-ring (bicyclic) bond motifs is 1. The minimum absolute atomic E-state index is 0.117. The number of para-hydroxylation sites is 3. The monoisotopic (exact) mass is 396 g/mol. The van der Waals surface area contributed by atoms with Gasteiger partial charge in [-0.1, -0.05) is 47.4 Å². The Hall–Kier alpha value is -2.84. The summed E-state index contributed by atoms with van der Waals surface area (Å²) < 4.78 is 8.37. The number of rotatable bonds is 6. The Morgan fingerprint density at radius 1 is 1.22 bits per heavy atom. The molecular formula is C19H16N4O2S2. The number of anilines is 1. The summed E-state index contributed by atoms with van der Waals surface area (Å²) in [7, 11) is 1.63. The molecule has 0 saturated carbocycles. The number of nitrogens with one attached hydrogen (secondary N) is 1. The van der Waals surface area contributed by atoms with Crippen LogP contribution in [0.2, 0.25) is 0 Å². The molecule has 0 aliphatic carbocycles. The lowest BCUT2D eigenvalue weighted by atomic mass is 10.3. The SMILES string of the molecule is COc1ccccc1-n1ccnc1SCC(=O)Nc1nc2ccccc2s1. The van der Waals surface area contributed by atoms with E-state index in [9.17, 15) is 4.79 Å². The topological polar surface area (TPSA) is 69.0 Å². The Morgan fingerprint density at radius 3 is 2.89 bits per heavy atom. The second-order valence-corrected chi connectivity index (χ2v) is 7.55. The number of thioether (sulfide) groups is 1. The first kappa shape index (κ1) is 17.6. The highest BCUT2D eigenvalue weighted by atomic mass is 32.2. The lowest BCUT2D eigenvalue weighted by Gasteiger charge is -2.11. The Bertz CT molecular complexity index is 1060. The van der Waals surface area contributed by atoms with E-state index >= 15 is 0 Å². The van der Waals surface area contributed by atoms with Gasteiger partial charge in [0.1, 0.15) is 5.75 Å². The molecule has 0 saturated heterocycles. The summed E-state index contributed by atoms with van der Waals surface area (Å²) in [6.45, 7) is 0. The predicted octanol–water partition coefficient (Wildman–Crippen LogP) is 4.22. The Kier molecular flexibility index (Phi) is 5.08. The normalized spacial score (nSPS) is 10.9. The van der Waals surface area contributed by atoms with E-state index in [1.165, 1.54) is 23.1 Å². The van der Waals surface area contributed by atoms with Gasteiger partial charge in [0.2, 0.25) is 5.91 Å². The summed E-state index contributed by atoms with van der Waals surface area (Å²) in [6.07, 6.45) is 3.56. The van der Waals surface area contributed by atoms with Crippen LogP contribution in [0.1, 0.15) is 0 Å². The molecule has 0 unspecified atom stereocenters. The van der Waals surface area contributed by atoms with Crippen molar-refractivity contribution in [2.24, 2.45) is 0 Å². The zero-order chi connectivity index (χ0) is 18.6. The molecule has 0 aliphatic heterocycles. The number of benzene rings is 2. The number of ether oxygens (including phenoxy) is 1.